The van der Waals surface area contributed by atoms with Gasteiger partial charge < -0.3 is 5.32 Å². The van der Waals surface area contributed by atoms with E-state index in [4.69, 9.17) is 0 Å². The van der Waals surface area contributed by atoms with Gasteiger partial charge >= 0.3 is 0 Å². The van der Waals surface area contributed by atoms with E-state index in [0.29, 0.717) is 24.8 Å². The van der Waals surface area contributed by atoms with Crippen molar-refractivity contribution in [3.63, 3.8) is 0 Å². The molecular weight excluding hydrogens is 240 g/mol. The Morgan fingerprint density at radius 1 is 1.42 bits per heavy atom. The van der Waals surface area contributed by atoms with E-state index in [1.54, 1.807) is 10.9 Å². The van der Waals surface area contributed by atoms with Gasteiger partial charge in [0.2, 0.25) is 5.91 Å². The number of aromatic nitrogens is 3. The second kappa shape index (κ2) is 7.57. The normalized spacial score (nSPS) is 10.4. The summed E-state index contributed by atoms with van der Waals surface area (Å²) in [6.07, 6.45) is 2.34. The van der Waals surface area contributed by atoms with Crippen molar-refractivity contribution in [1.82, 2.24) is 20.3 Å². The second-order valence-corrected chi connectivity index (χ2v) is 5.26. The van der Waals surface area contributed by atoms with Gasteiger partial charge in [0, 0.05) is 12.5 Å². The van der Waals surface area contributed by atoms with Gasteiger partial charge in [-0.1, -0.05) is 38.8 Å². The average molecular weight is 262 g/mol. The van der Waals surface area contributed by atoms with Crippen LogP contribution in [0.5, 0.6) is 0 Å². The summed E-state index contributed by atoms with van der Waals surface area (Å²) in [6.45, 7) is 9.09. The summed E-state index contributed by atoms with van der Waals surface area (Å²) in [6, 6.07) is 0. The first-order chi connectivity index (χ1) is 8.97. The summed E-state index contributed by atoms with van der Waals surface area (Å²) in [5, 5.41) is 10.8. The monoisotopic (exact) mass is 262 g/mol. The van der Waals surface area contributed by atoms with Crippen LogP contribution in [0.4, 0.5) is 0 Å². The van der Waals surface area contributed by atoms with Crippen molar-refractivity contribution in [3.05, 3.63) is 11.9 Å². The lowest BCUT2D eigenvalue weighted by Gasteiger charge is -2.06. The van der Waals surface area contributed by atoms with Crippen LogP contribution in [0.1, 0.15) is 33.4 Å². The molecule has 0 aliphatic rings. The van der Waals surface area contributed by atoms with Gasteiger partial charge in [0.15, 0.2) is 0 Å². The maximum Gasteiger partial charge on any atom is 0.241 e. The largest absolute Gasteiger partial charge is 0.354 e. The molecule has 0 aliphatic carbocycles. The molecule has 1 aromatic heterocycles. The SMILES string of the molecule is CC(C)C#CCc1cn(CC(=O)NCC(C)C)nn1. The Morgan fingerprint density at radius 3 is 2.79 bits per heavy atom. The lowest BCUT2D eigenvalue weighted by atomic mass is 10.2. The lowest BCUT2D eigenvalue weighted by molar-refractivity contribution is -0.122. The molecule has 0 atom stereocenters. The summed E-state index contributed by atoms with van der Waals surface area (Å²) in [5.41, 5.74) is 0.796. The van der Waals surface area contributed by atoms with Gasteiger partial charge in [-0.3, -0.25) is 4.79 Å². The minimum atomic E-state index is -0.0431. The fourth-order valence-corrected chi connectivity index (χ4v) is 1.36. The van der Waals surface area contributed by atoms with Crippen molar-refractivity contribution in [2.24, 2.45) is 11.8 Å². The zero-order chi connectivity index (χ0) is 14.3. The lowest BCUT2D eigenvalue weighted by Crippen LogP contribution is -2.30. The van der Waals surface area contributed by atoms with Gasteiger partial charge in [-0.2, -0.15) is 0 Å². The van der Waals surface area contributed by atoms with Crippen molar-refractivity contribution in [2.45, 2.75) is 40.7 Å². The van der Waals surface area contributed by atoms with E-state index in [2.05, 4.69) is 41.3 Å². The number of rotatable bonds is 5. The molecule has 0 aliphatic heterocycles. The fraction of sp³-hybridized carbons (Fsp3) is 0.643. The number of carbonyl (C=O) groups excluding carboxylic acids is 1. The van der Waals surface area contributed by atoms with Gasteiger partial charge in [-0.15, -0.1) is 11.0 Å². The summed E-state index contributed by atoms with van der Waals surface area (Å²) in [5.74, 6) is 6.87. The Morgan fingerprint density at radius 2 is 2.16 bits per heavy atom. The van der Waals surface area contributed by atoms with Gasteiger partial charge in [0.05, 0.1) is 18.3 Å². The van der Waals surface area contributed by atoms with Crippen molar-refractivity contribution in [3.8, 4) is 11.8 Å². The van der Waals surface area contributed by atoms with E-state index in [9.17, 15) is 4.79 Å². The number of amides is 1. The van der Waals surface area contributed by atoms with Gasteiger partial charge in [-0.05, 0) is 5.92 Å². The first kappa shape index (κ1) is 15.2. The molecule has 0 spiro atoms. The molecule has 1 amide bonds. The van der Waals surface area contributed by atoms with E-state index in [-0.39, 0.29) is 12.5 Å². The molecule has 19 heavy (non-hydrogen) atoms. The van der Waals surface area contributed by atoms with Crippen LogP contribution in [0.25, 0.3) is 0 Å². The van der Waals surface area contributed by atoms with Crippen LogP contribution >= 0.6 is 0 Å². The summed E-state index contributed by atoms with van der Waals surface area (Å²) in [7, 11) is 0. The Bertz CT molecular complexity index is 465. The number of hydrogen-bond acceptors (Lipinski definition) is 3. The molecule has 0 bridgehead atoms. The van der Waals surface area contributed by atoms with Crippen LogP contribution in [0.2, 0.25) is 0 Å². The van der Waals surface area contributed by atoms with E-state index in [1.165, 1.54) is 0 Å². The predicted molar refractivity (Wildman–Crippen MR) is 74.2 cm³/mol. The molecule has 0 unspecified atom stereocenters. The highest BCUT2D eigenvalue weighted by Crippen LogP contribution is 1.95. The maximum atomic E-state index is 11.6. The first-order valence-corrected chi connectivity index (χ1v) is 6.61. The van der Waals surface area contributed by atoms with Crippen LogP contribution in [0.15, 0.2) is 6.20 Å². The van der Waals surface area contributed by atoms with Crippen LogP contribution in [0.3, 0.4) is 0 Å². The molecule has 0 radical (unpaired) electrons. The minimum absolute atomic E-state index is 0.0431. The van der Waals surface area contributed by atoms with Gasteiger partial charge in [0.1, 0.15) is 6.54 Å². The van der Waals surface area contributed by atoms with Crippen LogP contribution in [-0.4, -0.2) is 27.4 Å². The number of nitrogens with zero attached hydrogens (tertiary/aromatic N) is 3. The van der Waals surface area contributed by atoms with Crippen molar-refractivity contribution in [1.29, 1.82) is 0 Å². The van der Waals surface area contributed by atoms with E-state index < -0.39 is 0 Å². The molecule has 0 fully saturated rings. The Labute approximate surface area is 114 Å². The summed E-state index contributed by atoms with van der Waals surface area (Å²) >= 11 is 0. The molecular formula is C14H22N4O. The molecule has 1 rings (SSSR count). The summed E-state index contributed by atoms with van der Waals surface area (Å²) in [4.78, 5) is 11.6. The van der Waals surface area contributed by atoms with E-state index in [1.807, 2.05) is 13.8 Å². The second-order valence-electron chi connectivity index (χ2n) is 5.26. The third-order valence-corrected chi connectivity index (χ3v) is 2.26. The van der Waals surface area contributed by atoms with E-state index >= 15 is 0 Å². The maximum absolute atomic E-state index is 11.6. The van der Waals surface area contributed by atoms with Crippen LogP contribution < -0.4 is 5.32 Å². The highest BCUT2D eigenvalue weighted by Gasteiger charge is 2.05. The summed E-state index contributed by atoms with van der Waals surface area (Å²) < 4.78 is 1.54. The highest BCUT2D eigenvalue weighted by molar-refractivity contribution is 5.75. The smallest absolute Gasteiger partial charge is 0.241 e. The van der Waals surface area contributed by atoms with Gasteiger partial charge in [-0.25, -0.2) is 4.68 Å². The Hall–Kier alpha value is -1.83. The molecule has 1 aromatic rings. The topological polar surface area (TPSA) is 59.8 Å². The molecule has 5 nitrogen and oxygen atoms in total. The quantitative estimate of drug-likeness (QED) is 0.812. The molecule has 0 saturated heterocycles. The van der Waals surface area contributed by atoms with Crippen LogP contribution in [-0.2, 0) is 17.8 Å². The molecule has 1 heterocycles. The molecule has 104 valence electrons. The first-order valence-electron chi connectivity index (χ1n) is 6.61. The molecule has 1 N–H and O–H groups in total. The number of hydrogen-bond donors (Lipinski definition) is 1. The zero-order valence-corrected chi connectivity index (χ0v) is 12.1. The average Bonchev–Trinajstić information content (AvgIpc) is 2.73. The third-order valence-electron chi connectivity index (χ3n) is 2.26. The highest BCUT2D eigenvalue weighted by atomic mass is 16.2. The van der Waals surface area contributed by atoms with Gasteiger partial charge in [0.25, 0.3) is 0 Å². The van der Waals surface area contributed by atoms with Crippen molar-refractivity contribution in [2.75, 3.05) is 6.54 Å². The predicted octanol–water partition coefficient (Wildman–Crippen LogP) is 1.25. The number of carbonyl (C=O) groups is 1. The van der Waals surface area contributed by atoms with Crippen LogP contribution in [0, 0.1) is 23.7 Å². The number of nitrogens with one attached hydrogen (secondary N) is 1. The third kappa shape index (κ3) is 6.61. The minimum Gasteiger partial charge on any atom is -0.354 e. The van der Waals surface area contributed by atoms with Crippen molar-refractivity contribution < 1.29 is 4.79 Å². The van der Waals surface area contributed by atoms with Crippen molar-refractivity contribution >= 4 is 5.91 Å². The molecule has 5 heteroatoms. The Balaban J connectivity index is 2.43. The standard InChI is InChI=1S/C14H22N4O/c1-11(2)6-5-7-13-9-18(17-16-13)10-14(19)15-8-12(3)4/h9,11-12H,7-8,10H2,1-4H3,(H,15,19). The zero-order valence-electron chi connectivity index (χ0n) is 12.1. The van der Waals surface area contributed by atoms with E-state index in [0.717, 1.165) is 5.69 Å². The fourth-order valence-electron chi connectivity index (χ4n) is 1.36. The molecule has 0 aromatic carbocycles. The Kier molecular flexibility index (Phi) is 6.07. The molecule has 0 saturated carbocycles.